The number of benzene rings is 3. The summed E-state index contributed by atoms with van der Waals surface area (Å²) in [6, 6.07) is 24.5. The number of nitriles is 1. The number of rotatable bonds is 2. The van der Waals surface area contributed by atoms with Crippen LogP contribution in [0.5, 0.6) is 0 Å². The zero-order valence-corrected chi connectivity index (χ0v) is 13.3. The number of para-hydroxylation sites is 2. The fraction of sp³-hybridized carbons (Fsp3) is 0.0476. The molecular formula is C21H15N3. The molecule has 0 aliphatic heterocycles. The van der Waals surface area contributed by atoms with Gasteiger partial charge in [0.1, 0.15) is 6.07 Å². The van der Waals surface area contributed by atoms with E-state index in [0.717, 1.165) is 27.4 Å². The van der Waals surface area contributed by atoms with Gasteiger partial charge in [-0.3, -0.25) is 0 Å². The van der Waals surface area contributed by atoms with Crippen molar-refractivity contribution in [2.45, 2.75) is 0 Å². The molecular weight excluding hydrogens is 294 g/mol. The molecule has 0 N–H and O–H groups in total. The van der Waals surface area contributed by atoms with Gasteiger partial charge in [-0.25, -0.2) is 4.98 Å². The highest BCUT2D eigenvalue weighted by Gasteiger charge is 2.12. The van der Waals surface area contributed by atoms with E-state index >= 15 is 0 Å². The molecule has 4 aromatic rings. The standard InChI is InChI=1S/C21H15N3/c1-24-20-12-5-4-11-19(20)23-21(24)17(14-22)13-16-9-6-8-15-7-2-3-10-18(15)16/h2-13H,1H3. The first kappa shape index (κ1) is 14.2. The highest BCUT2D eigenvalue weighted by atomic mass is 15.1. The van der Waals surface area contributed by atoms with Crippen molar-refractivity contribution >= 4 is 33.5 Å². The minimum atomic E-state index is 0.560. The lowest BCUT2D eigenvalue weighted by molar-refractivity contribution is 0.925. The summed E-state index contributed by atoms with van der Waals surface area (Å²) in [5.74, 6) is 0.687. The van der Waals surface area contributed by atoms with Crippen molar-refractivity contribution in [1.29, 1.82) is 5.26 Å². The summed E-state index contributed by atoms with van der Waals surface area (Å²) >= 11 is 0. The highest BCUT2D eigenvalue weighted by Crippen LogP contribution is 2.25. The maximum Gasteiger partial charge on any atom is 0.151 e. The maximum atomic E-state index is 9.69. The molecule has 0 amide bonds. The number of fused-ring (bicyclic) bond motifs is 2. The third-order valence-electron chi connectivity index (χ3n) is 4.27. The lowest BCUT2D eigenvalue weighted by Crippen LogP contribution is -1.96. The van der Waals surface area contributed by atoms with E-state index in [2.05, 4.69) is 29.3 Å². The number of allylic oxidation sites excluding steroid dienone is 1. The zero-order valence-electron chi connectivity index (χ0n) is 13.3. The normalized spacial score (nSPS) is 11.8. The number of hydrogen-bond acceptors (Lipinski definition) is 2. The molecule has 3 aromatic carbocycles. The summed E-state index contributed by atoms with van der Waals surface area (Å²) in [7, 11) is 1.94. The van der Waals surface area contributed by atoms with Crippen LogP contribution in [0.3, 0.4) is 0 Å². The van der Waals surface area contributed by atoms with Gasteiger partial charge in [-0.1, -0.05) is 54.6 Å². The van der Waals surface area contributed by atoms with E-state index in [9.17, 15) is 5.26 Å². The summed E-state index contributed by atoms with van der Waals surface area (Å²) in [4.78, 5) is 4.63. The first-order valence-corrected chi connectivity index (χ1v) is 7.79. The molecule has 1 heterocycles. The molecule has 0 unspecified atom stereocenters. The lowest BCUT2D eigenvalue weighted by Gasteiger charge is -2.04. The zero-order chi connectivity index (χ0) is 16.5. The molecule has 0 saturated heterocycles. The lowest BCUT2D eigenvalue weighted by atomic mass is 10.0. The molecule has 0 saturated carbocycles. The van der Waals surface area contributed by atoms with Gasteiger partial charge in [-0.05, 0) is 34.5 Å². The number of imidazole rings is 1. The molecule has 114 valence electrons. The van der Waals surface area contributed by atoms with E-state index in [0.29, 0.717) is 11.4 Å². The number of hydrogen-bond donors (Lipinski definition) is 0. The minimum absolute atomic E-state index is 0.560. The first-order valence-electron chi connectivity index (χ1n) is 7.79. The number of nitrogens with zero attached hydrogens (tertiary/aromatic N) is 3. The van der Waals surface area contributed by atoms with Crippen molar-refractivity contribution in [2.24, 2.45) is 7.05 Å². The Morgan fingerprint density at radius 3 is 2.58 bits per heavy atom. The van der Waals surface area contributed by atoms with Crippen LogP contribution in [-0.4, -0.2) is 9.55 Å². The van der Waals surface area contributed by atoms with Gasteiger partial charge >= 0.3 is 0 Å². The Balaban J connectivity index is 1.93. The van der Waals surface area contributed by atoms with Crippen molar-refractivity contribution in [3.63, 3.8) is 0 Å². The summed E-state index contributed by atoms with van der Waals surface area (Å²) < 4.78 is 1.97. The molecule has 1 aromatic heterocycles. The fourth-order valence-electron chi connectivity index (χ4n) is 3.07. The molecule has 0 bridgehead atoms. The topological polar surface area (TPSA) is 41.6 Å². The number of aromatic nitrogens is 2. The fourth-order valence-corrected chi connectivity index (χ4v) is 3.07. The Labute approximate surface area is 140 Å². The molecule has 0 aliphatic rings. The summed E-state index contributed by atoms with van der Waals surface area (Å²) in [5, 5.41) is 12.0. The summed E-state index contributed by atoms with van der Waals surface area (Å²) in [6.45, 7) is 0. The highest BCUT2D eigenvalue weighted by molar-refractivity contribution is 5.98. The quantitative estimate of drug-likeness (QED) is 0.499. The van der Waals surface area contributed by atoms with Crippen molar-refractivity contribution in [3.8, 4) is 6.07 Å². The SMILES string of the molecule is Cn1c(C(C#N)=Cc2cccc3ccccc23)nc2ccccc21. The molecule has 24 heavy (non-hydrogen) atoms. The summed E-state index contributed by atoms with van der Waals surface area (Å²) in [6.07, 6.45) is 1.92. The molecule has 0 spiro atoms. The van der Waals surface area contributed by atoms with Gasteiger partial charge in [-0.2, -0.15) is 5.26 Å². The molecule has 0 atom stereocenters. The van der Waals surface area contributed by atoms with Gasteiger partial charge in [-0.15, -0.1) is 0 Å². The monoisotopic (exact) mass is 309 g/mol. The van der Waals surface area contributed by atoms with Gasteiger partial charge in [0.2, 0.25) is 0 Å². The average Bonchev–Trinajstić information content (AvgIpc) is 2.97. The van der Waals surface area contributed by atoms with Crippen LogP contribution in [0.1, 0.15) is 11.4 Å². The maximum absolute atomic E-state index is 9.69. The van der Waals surface area contributed by atoms with E-state index in [4.69, 9.17) is 0 Å². The Kier molecular flexibility index (Phi) is 3.36. The summed E-state index contributed by atoms with van der Waals surface area (Å²) in [5.41, 5.74) is 3.50. The predicted molar refractivity (Wildman–Crippen MR) is 98.1 cm³/mol. The van der Waals surface area contributed by atoms with Crippen molar-refractivity contribution in [3.05, 3.63) is 78.1 Å². The molecule has 0 radical (unpaired) electrons. The third kappa shape index (κ3) is 2.26. The van der Waals surface area contributed by atoms with Gasteiger partial charge in [0.05, 0.1) is 16.6 Å². The van der Waals surface area contributed by atoms with Gasteiger partial charge < -0.3 is 4.57 Å². The molecule has 3 nitrogen and oxygen atoms in total. The second-order valence-electron chi connectivity index (χ2n) is 5.72. The van der Waals surface area contributed by atoms with E-state index in [1.54, 1.807) is 0 Å². The third-order valence-corrected chi connectivity index (χ3v) is 4.27. The Morgan fingerprint density at radius 2 is 1.75 bits per heavy atom. The Morgan fingerprint density at radius 1 is 1.00 bits per heavy atom. The Bertz CT molecular complexity index is 1120. The van der Waals surface area contributed by atoms with Gasteiger partial charge in [0.25, 0.3) is 0 Å². The van der Waals surface area contributed by atoms with Gasteiger partial charge in [0, 0.05) is 7.05 Å². The first-order chi connectivity index (χ1) is 11.8. The van der Waals surface area contributed by atoms with Crippen molar-refractivity contribution < 1.29 is 0 Å². The molecule has 0 fully saturated rings. The van der Waals surface area contributed by atoms with Gasteiger partial charge in [0.15, 0.2) is 5.82 Å². The predicted octanol–water partition coefficient (Wildman–Crippen LogP) is 4.79. The number of aryl methyl sites for hydroxylation is 1. The van der Waals surface area contributed by atoms with E-state index in [1.165, 1.54) is 0 Å². The van der Waals surface area contributed by atoms with Crippen LogP contribution in [0.15, 0.2) is 66.7 Å². The van der Waals surface area contributed by atoms with Crippen LogP contribution in [-0.2, 0) is 7.05 Å². The van der Waals surface area contributed by atoms with Crippen molar-refractivity contribution in [2.75, 3.05) is 0 Å². The van der Waals surface area contributed by atoms with Crippen LogP contribution in [0.2, 0.25) is 0 Å². The van der Waals surface area contributed by atoms with Crippen LogP contribution in [0, 0.1) is 11.3 Å². The van der Waals surface area contributed by atoms with E-state index < -0.39 is 0 Å². The van der Waals surface area contributed by atoms with E-state index in [-0.39, 0.29) is 0 Å². The van der Waals surface area contributed by atoms with Crippen LogP contribution >= 0.6 is 0 Å². The smallest absolute Gasteiger partial charge is 0.151 e. The van der Waals surface area contributed by atoms with Crippen LogP contribution in [0.25, 0.3) is 33.5 Å². The Hall–Kier alpha value is -3.38. The molecule has 0 aliphatic carbocycles. The van der Waals surface area contributed by atoms with Crippen LogP contribution in [0.4, 0.5) is 0 Å². The average molecular weight is 309 g/mol. The van der Waals surface area contributed by atoms with Crippen LogP contribution < -0.4 is 0 Å². The molecule has 3 heteroatoms. The largest absolute Gasteiger partial charge is 0.327 e. The van der Waals surface area contributed by atoms with Crippen molar-refractivity contribution in [1.82, 2.24) is 9.55 Å². The molecule has 4 rings (SSSR count). The van der Waals surface area contributed by atoms with E-state index in [1.807, 2.05) is 66.2 Å². The second kappa shape index (κ2) is 5.68. The second-order valence-corrected chi connectivity index (χ2v) is 5.72. The minimum Gasteiger partial charge on any atom is -0.327 e.